The highest BCUT2D eigenvalue weighted by Crippen LogP contribution is 2.32. The fourth-order valence-corrected chi connectivity index (χ4v) is 3.29. The number of benzene rings is 2. The van der Waals surface area contributed by atoms with Crippen molar-refractivity contribution in [1.82, 2.24) is 4.90 Å². The van der Waals surface area contributed by atoms with Crippen LogP contribution in [0.4, 0.5) is 4.39 Å². The summed E-state index contributed by atoms with van der Waals surface area (Å²) in [5.74, 6) is -0.0878. The number of fused-ring (bicyclic) bond motifs is 2. The number of carbonyl (C=O) groups is 1. The molecule has 1 atom stereocenters. The average Bonchev–Trinajstić information content (AvgIpc) is 2.99. The van der Waals surface area contributed by atoms with E-state index in [4.69, 9.17) is 4.42 Å². The van der Waals surface area contributed by atoms with Gasteiger partial charge < -0.3 is 9.32 Å². The Bertz CT molecular complexity index is 866. The molecule has 116 valence electrons. The standard InChI is InChI=1S/C19H16FNO2/c1-12-16-11-15(20)7-6-13(16)8-9-21(12)19(22)18-10-14-4-2-3-5-17(14)23-18/h2-7,10-12H,8-9H2,1H3. The molecule has 0 radical (unpaired) electrons. The first-order chi connectivity index (χ1) is 11.1. The van der Waals surface area contributed by atoms with E-state index < -0.39 is 0 Å². The highest BCUT2D eigenvalue weighted by Gasteiger charge is 2.30. The van der Waals surface area contributed by atoms with Crippen LogP contribution in [0.3, 0.4) is 0 Å². The molecule has 1 aliphatic rings. The highest BCUT2D eigenvalue weighted by molar-refractivity contribution is 5.96. The van der Waals surface area contributed by atoms with Gasteiger partial charge in [-0.2, -0.15) is 0 Å². The number of para-hydroxylation sites is 1. The fourth-order valence-electron chi connectivity index (χ4n) is 3.29. The van der Waals surface area contributed by atoms with Crippen LogP contribution < -0.4 is 0 Å². The van der Waals surface area contributed by atoms with Crippen molar-refractivity contribution in [2.75, 3.05) is 6.54 Å². The van der Waals surface area contributed by atoms with Gasteiger partial charge >= 0.3 is 0 Å². The zero-order chi connectivity index (χ0) is 16.0. The van der Waals surface area contributed by atoms with Gasteiger partial charge in [0.25, 0.3) is 5.91 Å². The van der Waals surface area contributed by atoms with Gasteiger partial charge in [0.15, 0.2) is 5.76 Å². The second kappa shape index (κ2) is 5.23. The average molecular weight is 309 g/mol. The smallest absolute Gasteiger partial charge is 0.290 e. The minimum atomic E-state index is -0.270. The van der Waals surface area contributed by atoms with Crippen LogP contribution in [0.25, 0.3) is 11.0 Å². The third kappa shape index (κ3) is 2.31. The number of nitrogens with zero attached hydrogens (tertiary/aromatic N) is 1. The summed E-state index contributed by atoms with van der Waals surface area (Å²) in [6.45, 7) is 2.54. The second-order valence-electron chi connectivity index (χ2n) is 5.92. The summed E-state index contributed by atoms with van der Waals surface area (Å²) < 4.78 is 19.2. The van der Waals surface area contributed by atoms with Gasteiger partial charge in [-0.25, -0.2) is 4.39 Å². The van der Waals surface area contributed by atoms with Crippen LogP contribution in [0, 0.1) is 5.82 Å². The van der Waals surface area contributed by atoms with Gasteiger partial charge in [-0.1, -0.05) is 24.3 Å². The predicted octanol–water partition coefficient (Wildman–Crippen LogP) is 4.33. The Morgan fingerprint density at radius 3 is 2.87 bits per heavy atom. The Balaban J connectivity index is 1.69. The first-order valence-corrected chi connectivity index (χ1v) is 7.71. The van der Waals surface area contributed by atoms with Gasteiger partial charge in [0.2, 0.25) is 0 Å². The van der Waals surface area contributed by atoms with E-state index in [-0.39, 0.29) is 17.8 Å². The molecule has 3 aromatic rings. The highest BCUT2D eigenvalue weighted by atomic mass is 19.1. The van der Waals surface area contributed by atoms with Crippen LogP contribution in [0.5, 0.6) is 0 Å². The number of rotatable bonds is 1. The van der Waals surface area contributed by atoms with Crippen LogP contribution in [0.2, 0.25) is 0 Å². The van der Waals surface area contributed by atoms with Crippen molar-refractivity contribution in [3.8, 4) is 0 Å². The molecule has 4 rings (SSSR count). The molecule has 0 saturated carbocycles. The summed E-state index contributed by atoms with van der Waals surface area (Å²) in [4.78, 5) is 14.6. The Kier molecular flexibility index (Phi) is 3.18. The van der Waals surface area contributed by atoms with Crippen molar-refractivity contribution in [3.05, 3.63) is 71.2 Å². The molecule has 1 amide bonds. The molecule has 0 fully saturated rings. The lowest BCUT2D eigenvalue weighted by molar-refractivity contribution is 0.0647. The van der Waals surface area contributed by atoms with Gasteiger partial charge in [-0.05, 0) is 48.7 Å². The monoisotopic (exact) mass is 309 g/mol. The Morgan fingerprint density at radius 1 is 1.22 bits per heavy atom. The maximum absolute atomic E-state index is 13.5. The van der Waals surface area contributed by atoms with Crippen LogP contribution in [0.15, 0.2) is 52.9 Å². The Labute approximate surface area is 133 Å². The molecular formula is C19H16FNO2. The molecule has 0 N–H and O–H groups in total. The van der Waals surface area contributed by atoms with Crippen LogP contribution in [0.1, 0.15) is 34.6 Å². The number of hydrogen-bond donors (Lipinski definition) is 0. The molecule has 2 heterocycles. The maximum atomic E-state index is 13.5. The third-order valence-electron chi connectivity index (χ3n) is 4.54. The summed E-state index contributed by atoms with van der Waals surface area (Å²) >= 11 is 0. The summed E-state index contributed by atoms with van der Waals surface area (Å²) in [5, 5.41) is 0.909. The van der Waals surface area contributed by atoms with Crippen molar-refractivity contribution < 1.29 is 13.6 Å². The Hall–Kier alpha value is -2.62. The number of amides is 1. The zero-order valence-electron chi connectivity index (χ0n) is 12.8. The summed E-state index contributed by atoms with van der Waals surface area (Å²) in [5.41, 5.74) is 2.68. The zero-order valence-corrected chi connectivity index (χ0v) is 12.8. The first kappa shape index (κ1) is 14.0. The number of furan rings is 1. The SMILES string of the molecule is CC1c2cc(F)ccc2CCN1C(=O)c1cc2ccccc2o1. The number of halogens is 1. The van der Waals surface area contributed by atoms with Crippen molar-refractivity contribution in [2.45, 2.75) is 19.4 Å². The molecule has 0 spiro atoms. The van der Waals surface area contributed by atoms with E-state index in [9.17, 15) is 9.18 Å². The molecule has 2 aromatic carbocycles. The normalized spacial score (nSPS) is 17.3. The minimum Gasteiger partial charge on any atom is -0.451 e. The topological polar surface area (TPSA) is 33.5 Å². The molecule has 1 unspecified atom stereocenters. The van der Waals surface area contributed by atoms with E-state index in [1.54, 1.807) is 11.0 Å². The van der Waals surface area contributed by atoms with Crippen LogP contribution >= 0.6 is 0 Å². The molecular weight excluding hydrogens is 293 g/mol. The second-order valence-corrected chi connectivity index (χ2v) is 5.92. The number of hydrogen-bond acceptors (Lipinski definition) is 2. The molecule has 0 saturated heterocycles. The molecule has 4 heteroatoms. The molecule has 23 heavy (non-hydrogen) atoms. The summed E-state index contributed by atoms with van der Waals surface area (Å²) in [6, 6.07) is 14.0. The van der Waals surface area contributed by atoms with Gasteiger partial charge in [0.05, 0.1) is 6.04 Å². The molecule has 0 bridgehead atoms. The third-order valence-corrected chi connectivity index (χ3v) is 4.54. The summed E-state index contributed by atoms with van der Waals surface area (Å²) in [6.07, 6.45) is 0.728. The van der Waals surface area contributed by atoms with Gasteiger partial charge in [0.1, 0.15) is 11.4 Å². The predicted molar refractivity (Wildman–Crippen MR) is 85.8 cm³/mol. The molecule has 1 aromatic heterocycles. The van der Waals surface area contributed by atoms with Crippen LogP contribution in [-0.4, -0.2) is 17.4 Å². The van der Waals surface area contributed by atoms with Gasteiger partial charge in [-0.15, -0.1) is 0 Å². The first-order valence-electron chi connectivity index (χ1n) is 7.71. The maximum Gasteiger partial charge on any atom is 0.290 e. The lowest BCUT2D eigenvalue weighted by atomic mass is 9.93. The molecule has 1 aliphatic heterocycles. The van der Waals surface area contributed by atoms with Crippen molar-refractivity contribution >= 4 is 16.9 Å². The van der Waals surface area contributed by atoms with E-state index in [0.29, 0.717) is 17.9 Å². The van der Waals surface area contributed by atoms with Crippen molar-refractivity contribution in [2.24, 2.45) is 0 Å². The van der Waals surface area contributed by atoms with Gasteiger partial charge in [0, 0.05) is 11.9 Å². The van der Waals surface area contributed by atoms with Crippen molar-refractivity contribution in [3.63, 3.8) is 0 Å². The van der Waals surface area contributed by atoms with E-state index in [2.05, 4.69) is 0 Å². The molecule has 3 nitrogen and oxygen atoms in total. The van der Waals surface area contributed by atoms with Crippen LogP contribution in [-0.2, 0) is 6.42 Å². The van der Waals surface area contributed by atoms with Crippen molar-refractivity contribution in [1.29, 1.82) is 0 Å². The molecule has 0 aliphatic carbocycles. The van der Waals surface area contributed by atoms with E-state index in [0.717, 1.165) is 22.9 Å². The Morgan fingerprint density at radius 2 is 2.04 bits per heavy atom. The summed E-state index contributed by atoms with van der Waals surface area (Å²) in [7, 11) is 0. The van der Waals surface area contributed by atoms with E-state index in [1.165, 1.54) is 12.1 Å². The minimum absolute atomic E-state index is 0.149. The quantitative estimate of drug-likeness (QED) is 0.670. The lowest BCUT2D eigenvalue weighted by Gasteiger charge is -2.34. The van der Waals surface area contributed by atoms with E-state index >= 15 is 0 Å². The number of carbonyl (C=O) groups excluding carboxylic acids is 1. The van der Waals surface area contributed by atoms with E-state index in [1.807, 2.05) is 37.3 Å². The largest absolute Gasteiger partial charge is 0.451 e. The lowest BCUT2D eigenvalue weighted by Crippen LogP contribution is -2.38. The van der Waals surface area contributed by atoms with Gasteiger partial charge in [-0.3, -0.25) is 4.79 Å². The fraction of sp³-hybridized carbons (Fsp3) is 0.211.